The predicted octanol–water partition coefficient (Wildman–Crippen LogP) is 2.70. The van der Waals surface area contributed by atoms with E-state index in [1.165, 1.54) is 0 Å². The zero-order valence-electron chi connectivity index (χ0n) is 11.1. The van der Waals surface area contributed by atoms with Crippen LogP contribution in [-0.4, -0.2) is 21.9 Å². The summed E-state index contributed by atoms with van der Waals surface area (Å²) in [5.74, 6) is 0.404. The van der Waals surface area contributed by atoms with E-state index in [0.29, 0.717) is 19.0 Å². The largest absolute Gasteiger partial charge is 0.370 e. The van der Waals surface area contributed by atoms with E-state index in [-0.39, 0.29) is 24.0 Å². The van der Waals surface area contributed by atoms with Gasteiger partial charge in [-0.1, -0.05) is 12.2 Å². The molecule has 0 aliphatic carbocycles. The first kappa shape index (κ1) is 17.0. The molecule has 0 saturated carbocycles. The molecule has 0 bridgehead atoms. The van der Waals surface area contributed by atoms with Crippen LogP contribution in [0.3, 0.4) is 0 Å². The van der Waals surface area contributed by atoms with Crippen LogP contribution in [0.2, 0.25) is 0 Å². The molecule has 2 heterocycles. The van der Waals surface area contributed by atoms with Crippen LogP contribution in [0.15, 0.2) is 46.1 Å². The molecular weight excluding hydrogens is 433 g/mol. The third-order valence-electron chi connectivity index (χ3n) is 2.45. The average molecular weight is 450 g/mol. The van der Waals surface area contributed by atoms with E-state index in [0.717, 1.165) is 21.4 Å². The van der Waals surface area contributed by atoms with Crippen LogP contribution in [0.4, 0.5) is 0 Å². The van der Waals surface area contributed by atoms with Gasteiger partial charge < -0.3 is 15.5 Å². The van der Waals surface area contributed by atoms with Crippen LogP contribution in [0.5, 0.6) is 0 Å². The first-order chi connectivity index (χ1) is 9.04. The number of nitrogens with zero attached hydrogens (tertiary/aromatic N) is 3. The molecule has 2 aromatic heterocycles. The van der Waals surface area contributed by atoms with Gasteiger partial charge in [-0.3, -0.25) is 0 Å². The molecule has 108 valence electrons. The zero-order chi connectivity index (χ0) is 13.8. The van der Waals surface area contributed by atoms with Crippen LogP contribution in [0, 0.1) is 0 Å². The number of halogens is 2. The van der Waals surface area contributed by atoms with Crippen molar-refractivity contribution in [1.82, 2.24) is 14.7 Å². The van der Waals surface area contributed by atoms with Crippen molar-refractivity contribution in [2.75, 3.05) is 6.54 Å². The maximum Gasteiger partial charge on any atom is 0.189 e. The zero-order valence-corrected chi connectivity index (χ0v) is 15.1. The minimum absolute atomic E-state index is 0. The second-order valence-corrected chi connectivity index (χ2v) is 5.27. The summed E-state index contributed by atoms with van der Waals surface area (Å²) in [6.45, 7) is 6.81. The number of nitrogens with one attached hydrogen (secondary N) is 1. The molecular formula is C13H17BrIN5. The van der Waals surface area contributed by atoms with Crippen LogP contribution in [-0.2, 0) is 6.54 Å². The molecule has 0 unspecified atom stereocenters. The van der Waals surface area contributed by atoms with Crippen LogP contribution >= 0.6 is 39.9 Å². The Labute approximate surface area is 143 Å². The van der Waals surface area contributed by atoms with Gasteiger partial charge in [-0.25, -0.2) is 9.98 Å². The number of aromatic nitrogens is 2. The Bertz CT molecular complexity index is 635. The quantitative estimate of drug-likeness (QED) is 0.326. The monoisotopic (exact) mass is 449 g/mol. The Hall–Kier alpha value is -1.09. The number of rotatable bonds is 4. The Morgan fingerprint density at radius 1 is 1.50 bits per heavy atom. The summed E-state index contributed by atoms with van der Waals surface area (Å²) in [5.41, 5.74) is 8.52. The van der Waals surface area contributed by atoms with Crippen molar-refractivity contribution in [1.29, 1.82) is 0 Å². The van der Waals surface area contributed by atoms with Gasteiger partial charge in [0, 0.05) is 23.4 Å². The van der Waals surface area contributed by atoms with E-state index in [1.807, 2.05) is 35.9 Å². The molecule has 0 aromatic carbocycles. The molecule has 0 radical (unpaired) electrons. The Kier molecular flexibility index (Phi) is 6.47. The van der Waals surface area contributed by atoms with Crippen molar-refractivity contribution >= 4 is 51.5 Å². The van der Waals surface area contributed by atoms with Gasteiger partial charge in [0.15, 0.2) is 5.96 Å². The van der Waals surface area contributed by atoms with Crippen molar-refractivity contribution in [3.8, 4) is 0 Å². The number of fused-ring (bicyclic) bond motifs is 1. The van der Waals surface area contributed by atoms with E-state index in [9.17, 15) is 0 Å². The Morgan fingerprint density at radius 3 is 2.95 bits per heavy atom. The van der Waals surface area contributed by atoms with Crippen molar-refractivity contribution in [2.45, 2.75) is 13.5 Å². The van der Waals surface area contributed by atoms with Gasteiger partial charge in [0.1, 0.15) is 5.65 Å². The molecule has 0 fully saturated rings. The summed E-state index contributed by atoms with van der Waals surface area (Å²) in [5, 5.41) is 2.98. The Morgan fingerprint density at radius 2 is 2.25 bits per heavy atom. The highest BCUT2D eigenvalue weighted by Gasteiger charge is 2.01. The molecule has 20 heavy (non-hydrogen) atoms. The third-order valence-corrected chi connectivity index (χ3v) is 2.92. The maximum absolute atomic E-state index is 5.74. The predicted molar refractivity (Wildman–Crippen MR) is 96.5 cm³/mol. The molecule has 0 atom stereocenters. The van der Waals surface area contributed by atoms with Crippen LogP contribution in [0.1, 0.15) is 12.6 Å². The van der Waals surface area contributed by atoms with Gasteiger partial charge in [0.25, 0.3) is 0 Å². The topological polar surface area (TPSA) is 67.7 Å². The number of nitrogens with two attached hydrogens (primary N) is 1. The van der Waals surface area contributed by atoms with Gasteiger partial charge in [0.05, 0.1) is 12.2 Å². The highest BCUT2D eigenvalue weighted by molar-refractivity contribution is 14.0. The highest BCUT2D eigenvalue weighted by atomic mass is 127. The molecule has 0 aliphatic heterocycles. The van der Waals surface area contributed by atoms with E-state index in [2.05, 4.69) is 37.8 Å². The molecule has 0 aliphatic rings. The number of hydrogen-bond acceptors (Lipinski definition) is 2. The van der Waals surface area contributed by atoms with Crippen molar-refractivity contribution < 1.29 is 0 Å². The van der Waals surface area contributed by atoms with Gasteiger partial charge >= 0.3 is 0 Å². The summed E-state index contributed by atoms with van der Waals surface area (Å²) in [7, 11) is 0. The SMILES string of the molecule is C=C(C)CNC(N)=NCc1cn2cc(Br)ccc2n1.I. The van der Waals surface area contributed by atoms with Gasteiger partial charge in [0.2, 0.25) is 0 Å². The molecule has 0 spiro atoms. The lowest BCUT2D eigenvalue weighted by atomic mass is 10.3. The standard InChI is InChI=1S/C13H16BrN5.HI/c1-9(2)5-16-13(15)17-6-11-8-19-7-10(14)3-4-12(19)18-11;/h3-4,7-8H,1,5-6H2,2H3,(H3,15,16,17);1H. The molecule has 2 rings (SSSR count). The summed E-state index contributed by atoms with van der Waals surface area (Å²) in [6, 6.07) is 3.90. The van der Waals surface area contributed by atoms with Crippen LogP contribution in [0.25, 0.3) is 5.65 Å². The minimum Gasteiger partial charge on any atom is -0.370 e. The number of pyridine rings is 1. The summed E-state index contributed by atoms with van der Waals surface area (Å²) in [4.78, 5) is 8.69. The molecule has 0 saturated heterocycles. The average Bonchev–Trinajstić information content (AvgIpc) is 2.75. The first-order valence-corrected chi connectivity index (χ1v) is 6.65. The lowest BCUT2D eigenvalue weighted by Crippen LogP contribution is -2.32. The first-order valence-electron chi connectivity index (χ1n) is 5.86. The van der Waals surface area contributed by atoms with Gasteiger partial charge in [-0.2, -0.15) is 0 Å². The molecule has 5 nitrogen and oxygen atoms in total. The van der Waals surface area contributed by atoms with E-state index in [4.69, 9.17) is 5.73 Å². The molecule has 7 heteroatoms. The maximum atomic E-state index is 5.74. The number of guanidine groups is 1. The van der Waals surface area contributed by atoms with Crippen molar-refractivity contribution in [3.63, 3.8) is 0 Å². The second-order valence-electron chi connectivity index (χ2n) is 4.36. The highest BCUT2D eigenvalue weighted by Crippen LogP contribution is 2.12. The van der Waals surface area contributed by atoms with E-state index in [1.54, 1.807) is 0 Å². The summed E-state index contributed by atoms with van der Waals surface area (Å²) < 4.78 is 2.96. The molecule has 3 N–H and O–H groups in total. The number of imidazole rings is 1. The fraction of sp³-hybridized carbons (Fsp3) is 0.231. The Balaban J connectivity index is 0.00000200. The number of hydrogen-bond donors (Lipinski definition) is 2. The lowest BCUT2D eigenvalue weighted by Gasteiger charge is -2.03. The fourth-order valence-corrected chi connectivity index (χ4v) is 1.91. The normalized spacial score (nSPS) is 11.2. The molecule has 0 amide bonds. The van der Waals surface area contributed by atoms with Crippen molar-refractivity contribution in [3.05, 3.63) is 46.8 Å². The lowest BCUT2D eigenvalue weighted by molar-refractivity contribution is 0.928. The van der Waals surface area contributed by atoms with Gasteiger partial charge in [-0.15, -0.1) is 24.0 Å². The number of aliphatic imine (C=N–C) groups is 1. The second kappa shape index (κ2) is 7.63. The van der Waals surface area contributed by atoms with Crippen molar-refractivity contribution in [2.24, 2.45) is 10.7 Å². The van der Waals surface area contributed by atoms with Gasteiger partial charge in [-0.05, 0) is 35.0 Å². The fourth-order valence-electron chi connectivity index (χ4n) is 1.56. The third kappa shape index (κ3) is 4.78. The molecule has 2 aromatic rings. The van der Waals surface area contributed by atoms with E-state index < -0.39 is 0 Å². The van der Waals surface area contributed by atoms with Crippen LogP contribution < -0.4 is 11.1 Å². The minimum atomic E-state index is 0. The summed E-state index contributed by atoms with van der Waals surface area (Å²) in [6.07, 6.45) is 3.90. The van der Waals surface area contributed by atoms with E-state index >= 15 is 0 Å². The smallest absolute Gasteiger partial charge is 0.189 e. The summed E-state index contributed by atoms with van der Waals surface area (Å²) >= 11 is 3.42.